The molecule has 1 aromatic carbocycles. The molecule has 1 unspecified atom stereocenters. The Kier molecular flexibility index (Phi) is 7.87. The predicted molar refractivity (Wildman–Crippen MR) is 101 cm³/mol. The molecule has 0 saturated carbocycles. The zero-order valence-electron chi connectivity index (χ0n) is 15.5. The molecule has 0 spiro atoms. The number of alkyl halides is 2. The quantitative estimate of drug-likeness (QED) is 0.471. The first kappa shape index (κ1) is 21.8. The number of halogens is 2. The lowest BCUT2D eigenvalue weighted by Crippen LogP contribution is -2.33. The molecular weight excluding hydrogens is 368 g/mol. The average Bonchev–Trinajstić information content (AvgIpc) is 3.02. The third-order valence-electron chi connectivity index (χ3n) is 4.65. The summed E-state index contributed by atoms with van der Waals surface area (Å²) < 4.78 is 28.7. The zero-order chi connectivity index (χ0) is 20.6. The Morgan fingerprint density at radius 2 is 2.00 bits per heavy atom. The first-order valence-electron chi connectivity index (χ1n) is 9.28. The van der Waals surface area contributed by atoms with E-state index in [2.05, 4.69) is 0 Å². The highest BCUT2D eigenvalue weighted by Gasteiger charge is 2.39. The first-order chi connectivity index (χ1) is 13.3. The molecule has 1 heterocycles. The van der Waals surface area contributed by atoms with Gasteiger partial charge in [-0.2, -0.15) is 8.78 Å². The molecule has 2 atom stereocenters. The van der Waals surface area contributed by atoms with Crippen LogP contribution >= 0.6 is 0 Å². The summed E-state index contributed by atoms with van der Waals surface area (Å²) in [7, 11) is 0. The van der Waals surface area contributed by atoms with Crippen LogP contribution in [-0.4, -0.2) is 45.7 Å². The third-order valence-corrected chi connectivity index (χ3v) is 4.65. The smallest absolute Gasteiger partial charge is 0.303 e. The Hall–Kier alpha value is -2.54. The van der Waals surface area contributed by atoms with Gasteiger partial charge in [-0.15, -0.1) is 0 Å². The highest BCUT2D eigenvalue weighted by atomic mass is 19.3. The molecule has 0 aromatic heterocycles. The number of nitrogens with zero attached hydrogens (tertiary/aromatic N) is 1. The first-order valence-corrected chi connectivity index (χ1v) is 9.28. The van der Waals surface area contributed by atoms with Crippen molar-refractivity contribution in [2.45, 2.75) is 50.2 Å². The van der Waals surface area contributed by atoms with Crippen molar-refractivity contribution in [1.82, 2.24) is 4.90 Å². The normalized spacial score (nSPS) is 19.0. The fourth-order valence-electron chi connectivity index (χ4n) is 3.06. The molecule has 5 nitrogen and oxygen atoms in total. The molecule has 1 aliphatic heterocycles. The van der Waals surface area contributed by atoms with E-state index >= 15 is 0 Å². The maximum atomic E-state index is 14.3. The number of carbonyl (C=O) groups is 2. The van der Waals surface area contributed by atoms with Crippen LogP contribution in [0.1, 0.15) is 37.7 Å². The molecule has 1 aliphatic rings. The predicted octanol–water partition coefficient (Wildman–Crippen LogP) is 3.50. The van der Waals surface area contributed by atoms with Crippen LogP contribution in [0, 0.1) is 0 Å². The molecule has 0 radical (unpaired) electrons. The summed E-state index contributed by atoms with van der Waals surface area (Å²) in [5.74, 6) is -4.34. The van der Waals surface area contributed by atoms with Gasteiger partial charge in [0.2, 0.25) is 5.91 Å². The molecule has 28 heavy (non-hydrogen) atoms. The van der Waals surface area contributed by atoms with Crippen LogP contribution in [0.25, 0.3) is 0 Å². The minimum Gasteiger partial charge on any atom is -0.481 e. The van der Waals surface area contributed by atoms with E-state index in [4.69, 9.17) is 5.11 Å². The summed E-state index contributed by atoms with van der Waals surface area (Å²) in [5.41, 5.74) is -0.268. The van der Waals surface area contributed by atoms with Gasteiger partial charge in [0.15, 0.2) is 0 Å². The Bertz CT molecular complexity index is 718. The van der Waals surface area contributed by atoms with Gasteiger partial charge in [-0.25, -0.2) is 0 Å². The molecular formula is C21H25F2NO4. The number of carbonyl (C=O) groups excluding carboxylic acids is 1. The molecule has 0 aliphatic carbocycles. The maximum absolute atomic E-state index is 14.3. The molecule has 2 rings (SSSR count). The van der Waals surface area contributed by atoms with Gasteiger partial charge in [0, 0.05) is 24.9 Å². The van der Waals surface area contributed by atoms with Crippen molar-refractivity contribution in [3.8, 4) is 0 Å². The number of carboxylic acids is 1. The van der Waals surface area contributed by atoms with E-state index in [1.54, 1.807) is 17.0 Å². The van der Waals surface area contributed by atoms with Gasteiger partial charge in [0.25, 0.3) is 0 Å². The molecule has 1 amide bonds. The molecule has 152 valence electrons. The number of amides is 1. The average molecular weight is 393 g/mol. The Labute approximate surface area is 163 Å². The van der Waals surface area contributed by atoms with Gasteiger partial charge in [-0.1, -0.05) is 54.6 Å². The lowest BCUT2D eigenvalue weighted by molar-refractivity contribution is -0.137. The molecule has 1 saturated heterocycles. The summed E-state index contributed by atoms with van der Waals surface area (Å²) in [6.45, 7) is 0.325. The number of benzene rings is 1. The van der Waals surface area contributed by atoms with E-state index in [9.17, 15) is 23.5 Å². The lowest BCUT2D eigenvalue weighted by atomic mass is 10.0. The summed E-state index contributed by atoms with van der Waals surface area (Å²) in [4.78, 5) is 24.1. The lowest BCUT2D eigenvalue weighted by Gasteiger charge is -2.23. The van der Waals surface area contributed by atoms with Gasteiger partial charge in [0.1, 0.15) is 6.10 Å². The van der Waals surface area contributed by atoms with Crippen molar-refractivity contribution in [3.05, 3.63) is 60.2 Å². The zero-order valence-corrected chi connectivity index (χ0v) is 15.5. The highest BCUT2D eigenvalue weighted by Crippen LogP contribution is 2.32. The van der Waals surface area contributed by atoms with Crippen LogP contribution in [0.4, 0.5) is 8.78 Å². The largest absolute Gasteiger partial charge is 0.481 e. The summed E-state index contributed by atoms with van der Waals surface area (Å²) in [6, 6.07) is 6.77. The van der Waals surface area contributed by atoms with E-state index in [1.807, 2.05) is 6.08 Å². The summed E-state index contributed by atoms with van der Waals surface area (Å²) in [6.07, 6.45) is 6.16. The summed E-state index contributed by atoms with van der Waals surface area (Å²) >= 11 is 0. The van der Waals surface area contributed by atoms with E-state index in [1.165, 1.54) is 30.3 Å². The van der Waals surface area contributed by atoms with Gasteiger partial charge in [0.05, 0.1) is 6.04 Å². The number of unbranched alkanes of at least 4 members (excludes halogenated alkanes) is 1. The minimum absolute atomic E-state index is 0.0749. The number of aliphatic carboxylic acids is 1. The number of likely N-dealkylation sites (tertiary alicyclic amines) is 1. The topological polar surface area (TPSA) is 77.8 Å². The van der Waals surface area contributed by atoms with Crippen LogP contribution in [0.3, 0.4) is 0 Å². The number of hydrogen-bond donors (Lipinski definition) is 2. The van der Waals surface area contributed by atoms with Crippen LogP contribution in [0.5, 0.6) is 0 Å². The third kappa shape index (κ3) is 5.99. The van der Waals surface area contributed by atoms with E-state index in [0.29, 0.717) is 32.2 Å². The monoisotopic (exact) mass is 393 g/mol. The molecule has 2 N–H and O–H groups in total. The van der Waals surface area contributed by atoms with Crippen LogP contribution in [-0.2, 0) is 15.5 Å². The van der Waals surface area contributed by atoms with Crippen molar-refractivity contribution in [1.29, 1.82) is 0 Å². The van der Waals surface area contributed by atoms with Crippen LogP contribution in [0.15, 0.2) is 54.6 Å². The molecule has 7 heteroatoms. The van der Waals surface area contributed by atoms with Gasteiger partial charge in [-0.05, 0) is 19.3 Å². The Morgan fingerprint density at radius 1 is 1.29 bits per heavy atom. The number of rotatable bonds is 10. The second-order valence-corrected chi connectivity index (χ2v) is 6.73. The summed E-state index contributed by atoms with van der Waals surface area (Å²) in [5, 5.41) is 18.5. The second-order valence-electron chi connectivity index (χ2n) is 6.73. The SMILES string of the molecule is O=C(O)CCCC=CCN1C(=O)CCC1C=C[C@@H](O)C(F)(F)c1ccccc1. The minimum atomic E-state index is -3.42. The van der Waals surface area contributed by atoms with E-state index in [-0.39, 0.29) is 23.9 Å². The maximum Gasteiger partial charge on any atom is 0.303 e. The van der Waals surface area contributed by atoms with E-state index < -0.39 is 18.0 Å². The highest BCUT2D eigenvalue weighted by molar-refractivity contribution is 5.79. The van der Waals surface area contributed by atoms with E-state index in [0.717, 1.165) is 6.08 Å². The van der Waals surface area contributed by atoms with Crippen LogP contribution in [0.2, 0.25) is 0 Å². The number of aliphatic hydroxyl groups excluding tert-OH is 1. The fraction of sp³-hybridized carbons (Fsp3) is 0.429. The van der Waals surface area contributed by atoms with Gasteiger partial charge in [-0.3, -0.25) is 9.59 Å². The number of hydrogen-bond acceptors (Lipinski definition) is 3. The number of carboxylic acid groups (broad SMARTS) is 1. The number of aliphatic hydroxyl groups is 1. The van der Waals surface area contributed by atoms with Crippen molar-refractivity contribution in [2.75, 3.05) is 6.54 Å². The Morgan fingerprint density at radius 3 is 2.68 bits per heavy atom. The van der Waals surface area contributed by atoms with Crippen molar-refractivity contribution >= 4 is 11.9 Å². The molecule has 0 bridgehead atoms. The fourth-order valence-corrected chi connectivity index (χ4v) is 3.06. The molecule has 1 fully saturated rings. The van der Waals surface area contributed by atoms with Gasteiger partial charge < -0.3 is 15.1 Å². The Balaban J connectivity index is 1.93. The van der Waals surface area contributed by atoms with Crippen molar-refractivity contribution in [2.24, 2.45) is 0 Å². The standard InChI is InChI=1S/C21H25F2NO4/c22-21(23,16-8-4-3-5-9-16)18(25)13-11-17-12-14-19(26)24(17)15-7-2-1-6-10-20(27)28/h2-5,7-9,11,13,17-18,25H,1,6,10,12,14-15H2,(H,27,28)/t17?,18-/m1/s1. The molecule has 1 aromatic rings. The number of allylic oxidation sites excluding steroid dienone is 1. The van der Waals surface area contributed by atoms with Crippen molar-refractivity contribution < 1.29 is 28.6 Å². The van der Waals surface area contributed by atoms with Crippen LogP contribution < -0.4 is 0 Å². The second kappa shape index (κ2) is 10.1. The van der Waals surface area contributed by atoms with Gasteiger partial charge >= 0.3 is 11.9 Å². The van der Waals surface area contributed by atoms with Crippen molar-refractivity contribution in [3.63, 3.8) is 0 Å².